The van der Waals surface area contributed by atoms with Gasteiger partial charge in [-0.3, -0.25) is 0 Å². The van der Waals surface area contributed by atoms with E-state index >= 15 is 0 Å². The second-order valence-electron chi connectivity index (χ2n) is 5.06. The molecule has 22 heavy (non-hydrogen) atoms. The number of aliphatic imine (C=N–C) groups is 1. The Morgan fingerprint density at radius 1 is 1.05 bits per heavy atom. The van der Waals surface area contributed by atoms with Crippen LogP contribution in [0.3, 0.4) is 0 Å². The Labute approximate surface area is 127 Å². The number of pyridine rings is 1. The third-order valence-electron chi connectivity index (χ3n) is 3.61. The highest BCUT2D eigenvalue weighted by atomic mass is 15.1. The smallest absolute Gasteiger partial charge is 0.141 e. The molecule has 0 aliphatic carbocycles. The van der Waals surface area contributed by atoms with Gasteiger partial charge < -0.3 is 15.6 Å². The molecule has 5 nitrogen and oxygen atoms in total. The molecule has 0 fully saturated rings. The quantitative estimate of drug-likeness (QED) is 0.694. The summed E-state index contributed by atoms with van der Waals surface area (Å²) in [5, 5.41) is 7.68. The molecule has 0 radical (unpaired) electrons. The van der Waals surface area contributed by atoms with Crippen LogP contribution in [-0.4, -0.2) is 22.5 Å². The molecule has 1 aromatic carbocycles. The fourth-order valence-corrected chi connectivity index (χ4v) is 2.57. The van der Waals surface area contributed by atoms with E-state index in [4.69, 9.17) is 0 Å². The molecular formula is C17H15N5. The lowest BCUT2D eigenvalue weighted by molar-refractivity contribution is 0.921. The summed E-state index contributed by atoms with van der Waals surface area (Å²) in [6.07, 6.45) is 7.45. The van der Waals surface area contributed by atoms with Gasteiger partial charge in [0.2, 0.25) is 0 Å². The van der Waals surface area contributed by atoms with E-state index in [0.717, 1.165) is 28.0 Å². The topological polar surface area (TPSA) is 65.1 Å². The fourth-order valence-electron chi connectivity index (χ4n) is 2.57. The zero-order chi connectivity index (χ0) is 14.8. The van der Waals surface area contributed by atoms with Crippen molar-refractivity contribution in [3.8, 4) is 0 Å². The van der Waals surface area contributed by atoms with Crippen molar-refractivity contribution in [2.45, 2.75) is 6.17 Å². The van der Waals surface area contributed by atoms with Gasteiger partial charge >= 0.3 is 0 Å². The predicted octanol–water partition coefficient (Wildman–Crippen LogP) is 2.97. The number of rotatable bonds is 3. The first kappa shape index (κ1) is 12.6. The normalized spacial score (nSPS) is 17.1. The van der Waals surface area contributed by atoms with Gasteiger partial charge in [-0.25, -0.2) is 9.98 Å². The van der Waals surface area contributed by atoms with Crippen LogP contribution in [0, 0.1) is 0 Å². The Bertz CT molecular complexity index is 848. The monoisotopic (exact) mass is 289 g/mol. The summed E-state index contributed by atoms with van der Waals surface area (Å²) >= 11 is 0. The fraction of sp³-hybridized carbons (Fsp3) is 0.0588. The molecule has 0 saturated heterocycles. The number of aromatic nitrogens is 2. The number of hydrogen-bond acceptors (Lipinski definition) is 4. The lowest BCUT2D eigenvalue weighted by atomic mass is 10.1. The summed E-state index contributed by atoms with van der Waals surface area (Å²) in [5.74, 6) is 0. The number of anilines is 1. The second kappa shape index (κ2) is 5.37. The molecule has 3 N–H and O–H groups in total. The first-order valence-corrected chi connectivity index (χ1v) is 7.14. The van der Waals surface area contributed by atoms with Crippen LogP contribution < -0.4 is 10.6 Å². The number of H-pyrrole nitrogens is 1. The summed E-state index contributed by atoms with van der Waals surface area (Å²) in [4.78, 5) is 11.9. The van der Waals surface area contributed by atoms with Gasteiger partial charge in [0.05, 0.1) is 6.34 Å². The van der Waals surface area contributed by atoms with Crippen molar-refractivity contribution in [1.29, 1.82) is 0 Å². The first-order chi connectivity index (χ1) is 10.9. The van der Waals surface area contributed by atoms with Crippen molar-refractivity contribution >= 4 is 28.8 Å². The van der Waals surface area contributed by atoms with E-state index in [1.54, 1.807) is 12.5 Å². The first-order valence-electron chi connectivity index (χ1n) is 7.14. The molecule has 1 unspecified atom stereocenters. The Morgan fingerprint density at radius 3 is 2.86 bits per heavy atom. The maximum absolute atomic E-state index is 4.42. The van der Waals surface area contributed by atoms with Crippen molar-refractivity contribution in [2.75, 3.05) is 5.32 Å². The van der Waals surface area contributed by atoms with Crippen LogP contribution in [0.5, 0.6) is 0 Å². The Morgan fingerprint density at radius 2 is 1.95 bits per heavy atom. The van der Waals surface area contributed by atoms with Gasteiger partial charge in [-0.1, -0.05) is 18.2 Å². The van der Waals surface area contributed by atoms with Crippen LogP contribution in [0.2, 0.25) is 0 Å². The summed E-state index contributed by atoms with van der Waals surface area (Å²) in [7, 11) is 0. The molecule has 1 aliphatic rings. The Hall–Kier alpha value is -3.08. The highest BCUT2D eigenvalue weighted by Crippen LogP contribution is 2.24. The Balaban J connectivity index is 1.65. The van der Waals surface area contributed by atoms with Gasteiger partial charge in [0, 0.05) is 34.7 Å². The minimum absolute atomic E-state index is 0.0970. The number of nitrogens with one attached hydrogen (secondary N) is 3. The summed E-state index contributed by atoms with van der Waals surface area (Å²) in [6.45, 7) is 0. The zero-order valence-electron chi connectivity index (χ0n) is 11.8. The van der Waals surface area contributed by atoms with Crippen molar-refractivity contribution < 1.29 is 0 Å². The molecule has 0 amide bonds. The van der Waals surface area contributed by atoms with Gasteiger partial charge in [-0.15, -0.1) is 0 Å². The number of fused-ring (bicyclic) bond motifs is 1. The average molecular weight is 289 g/mol. The van der Waals surface area contributed by atoms with Crippen LogP contribution in [0.25, 0.3) is 16.7 Å². The van der Waals surface area contributed by atoms with Gasteiger partial charge in [0.25, 0.3) is 0 Å². The van der Waals surface area contributed by atoms with Gasteiger partial charge in [0.1, 0.15) is 11.8 Å². The van der Waals surface area contributed by atoms with Gasteiger partial charge in [-0.05, 0) is 30.3 Å². The molecule has 0 spiro atoms. The van der Waals surface area contributed by atoms with E-state index in [1.807, 2.05) is 42.6 Å². The second-order valence-corrected chi connectivity index (χ2v) is 5.06. The van der Waals surface area contributed by atoms with Gasteiger partial charge in [-0.2, -0.15) is 0 Å². The van der Waals surface area contributed by atoms with E-state index in [1.165, 1.54) is 0 Å². The lowest BCUT2D eigenvalue weighted by Gasteiger charge is -2.18. The number of nitrogens with zero attached hydrogens (tertiary/aromatic N) is 2. The molecule has 0 bridgehead atoms. The van der Waals surface area contributed by atoms with E-state index in [9.17, 15) is 0 Å². The largest absolute Gasteiger partial charge is 0.360 e. The number of hydrogen-bond donors (Lipinski definition) is 3. The highest BCUT2D eigenvalue weighted by Gasteiger charge is 2.14. The number of para-hydroxylation sites is 1. The SMILES string of the molecule is C1=NC(Nc2ccccc2)C=C(c2c[nH]c3ncccc23)N1. The van der Waals surface area contributed by atoms with Crippen molar-refractivity contribution in [3.05, 3.63) is 66.5 Å². The van der Waals surface area contributed by atoms with E-state index < -0.39 is 0 Å². The van der Waals surface area contributed by atoms with E-state index in [0.29, 0.717) is 0 Å². The molecule has 4 rings (SSSR count). The molecule has 0 saturated carbocycles. The molecular weight excluding hydrogens is 274 g/mol. The molecule has 1 atom stereocenters. The van der Waals surface area contributed by atoms with E-state index in [2.05, 4.69) is 37.7 Å². The van der Waals surface area contributed by atoms with Crippen LogP contribution in [0.15, 0.2) is 65.9 Å². The zero-order valence-corrected chi connectivity index (χ0v) is 11.8. The molecule has 3 aromatic rings. The van der Waals surface area contributed by atoms with Crippen LogP contribution in [-0.2, 0) is 0 Å². The molecule has 1 aliphatic heterocycles. The van der Waals surface area contributed by atoms with Crippen molar-refractivity contribution in [2.24, 2.45) is 4.99 Å². The number of aromatic amines is 1. The van der Waals surface area contributed by atoms with Crippen LogP contribution >= 0.6 is 0 Å². The minimum Gasteiger partial charge on any atom is -0.360 e. The average Bonchev–Trinajstić information content (AvgIpc) is 3.00. The summed E-state index contributed by atoms with van der Waals surface area (Å²) in [5.41, 5.74) is 4.04. The molecule has 5 heteroatoms. The standard InChI is InChI=1S/C17H15N5/c1-2-5-12(6-3-1)22-16-9-15(20-11-21-16)14-10-19-17-13(14)7-4-8-18-17/h1-11,16,22H,(H,18,19)(H,20,21). The molecule has 2 aromatic heterocycles. The van der Waals surface area contributed by atoms with Crippen LogP contribution in [0.4, 0.5) is 5.69 Å². The van der Waals surface area contributed by atoms with Gasteiger partial charge in [0.15, 0.2) is 0 Å². The third-order valence-corrected chi connectivity index (χ3v) is 3.61. The lowest BCUT2D eigenvalue weighted by Crippen LogP contribution is -2.24. The summed E-state index contributed by atoms with van der Waals surface area (Å²) < 4.78 is 0. The number of benzene rings is 1. The molecule has 3 heterocycles. The van der Waals surface area contributed by atoms with E-state index in [-0.39, 0.29) is 6.17 Å². The maximum atomic E-state index is 4.42. The minimum atomic E-state index is -0.0970. The third kappa shape index (κ3) is 2.33. The summed E-state index contributed by atoms with van der Waals surface area (Å²) in [6, 6.07) is 14.1. The van der Waals surface area contributed by atoms with Crippen molar-refractivity contribution in [1.82, 2.24) is 15.3 Å². The highest BCUT2D eigenvalue weighted by molar-refractivity contribution is 5.93. The maximum Gasteiger partial charge on any atom is 0.141 e. The molecule has 108 valence electrons. The van der Waals surface area contributed by atoms with Crippen LogP contribution in [0.1, 0.15) is 5.56 Å². The Kier molecular flexibility index (Phi) is 3.08. The van der Waals surface area contributed by atoms with Crippen molar-refractivity contribution in [3.63, 3.8) is 0 Å². The predicted molar refractivity (Wildman–Crippen MR) is 89.6 cm³/mol.